The standard InChI is InChI=1S/C17H27N/c1-2-18-17-13-7-12-16(14-17)11-6-10-15-8-4-3-5-9-15/h3-5,8-9,16-18H,2,6-7,10-14H2,1H3. The third-order valence-electron chi connectivity index (χ3n) is 4.20. The fourth-order valence-corrected chi connectivity index (χ4v) is 3.27. The Morgan fingerprint density at radius 2 is 2.00 bits per heavy atom. The zero-order chi connectivity index (χ0) is 12.6. The van der Waals surface area contributed by atoms with Crippen molar-refractivity contribution >= 4 is 0 Å². The second-order valence-corrected chi connectivity index (χ2v) is 5.67. The smallest absolute Gasteiger partial charge is 0.00695 e. The molecule has 0 aliphatic heterocycles. The van der Waals surface area contributed by atoms with E-state index in [1.807, 2.05) is 0 Å². The Labute approximate surface area is 112 Å². The van der Waals surface area contributed by atoms with Crippen LogP contribution < -0.4 is 5.32 Å². The largest absolute Gasteiger partial charge is 0.314 e. The average Bonchev–Trinajstić information content (AvgIpc) is 2.41. The lowest BCUT2D eigenvalue weighted by molar-refractivity contribution is 0.272. The summed E-state index contributed by atoms with van der Waals surface area (Å²) in [6.07, 6.45) is 9.70. The first-order valence-electron chi connectivity index (χ1n) is 7.65. The minimum Gasteiger partial charge on any atom is -0.314 e. The van der Waals surface area contributed by atoms with Gasteiger partial charge in [0.25, 0.3) is 0 Å². The van der Waals surface area contributed by atoms with Crippen molar-refractivity contribution in [2.75, 3.05) is 6.54 Å². The predicted octanol–water partition coefficient (Wildman–Crippen LogP) is 4.18. The summed E-state index contributed by atoms with van der Waals surface area (Å²) in [6.45, 7) is 3.35. The first-order chi connectivity index (χ1) is 8.88. The summed E-state index contributed by atoms with van der Waals surface area (Å²) >= 11 is 0. The summed E-state index contributed by atoms with van der Waals surface area (Å²) in [6, 6.07) is 11.7. The number of benzene rings is 1. The van der Waals surface area contributed by atoms with E-state index in [9.17, 15) is 0 Å². The molecule has 2 atom stereocenters. The molecule has 1 aromatic carbocycles. The van der Waals surface area contributed by atoms with Crippen LogP contribution in [-0.2, 0) is 6.42 Å². The third kappa shape index (κ3) is 4.45. The fourth-order valence-electron chi connectivity index (χ4n) is 3.27. The van der Waals surface area contributed by atoms with Crippen LogP contribution in [0.15, 0.2) is 30.3 Å². The van der Waals surface area contributed by atoms with Crippen LogP contribution in [0.3, 0.4) is 0 Å². The van der Waals surface area contributed by atoms with Gasteiger partial charge in [-0.15, -0.1) is 0 Å². The SMILES string of the molecule is CCNC1CCCC(CCCc2ccccc2)C1. The summed E-state index contributed by atoms with van der Waals surface area (Å²) in [5.41, 5.74) is 1.50. The number of nitrogens with one attached hydrogen (secondary N) is 1. The highest BCUT2D eigenvalue weighted by Crippen LogP contribution is 2.28. The highest BCUT2D eigenvalue weighted by molar-refractivity contribution is 5.14. The molecule has 0 bridgehead atoms. The van der Waals surface area contributed by atoms with E-state index in [0.29, 0.717) is 0 Å². The van der Waals surface area contributed by atoms with Crippen LogP contribution >= 0.6 is 0 Å². The summed E-state index contributed by atoms with van der Waals surface area (Å²) in [7, 11) is 0. The minimum absolute atomic E-state index is 0.797. The summed E-state index contributed by atoms with van der Waals surface area (Å²) in [5.74, 6) is 0.964. The highest BCUT2D eigenvalue weighted by atomic mass is 14.9. The lowest BCUT2D eigenvalue weighted by atomic mass is 9.82. The van der Waals surface area contributed by atoms with Crippen molar-refractivity contribution in [2.24, 2.45) is 5.92 Å². The Morgan fingerprint density at radius 3 is 2.78 bits per heavy atom. The number of hydrogen-bond acceptors (Lipinski definition) is 1. The van der Waals surface area contributed by atoms with Crippen molar-refractivity contribution in [1.82, 2.24) is 5.32 Å². The minimum atomic E-state index is 0.797. The third-order valence-corrected chi connectivity index (χ3v) is 4.20. The molecule has 1 aromatic rings. The Kier molecular flexibility index (Phi) is 5.73. The lowest BCUT2D eigenvalue weighted by Gasteiger charge is -2.29. The Bertz CT molecular complexity index is 318. The van der Waals surface area contributed by atoms with Gasteiger partial charge >= 0.3 is 0 Å². The van der Waals surface area contributed by atoms with E-state index in [-0.39, 0.29) is 0 Å². The second-order valence-electron chi connectivity index (χ2n) is 5.67. The molecule has 1 heteroatoms. The van der Waals surface area contributed by atoms with Crippen molar-refractivity contribution in [1.29, 1.82) is 0 Å². The first-order valence-corrected chi connectivity index (χ1v) is 7.65. The molecule has 18 heavy (non-hydrogen) atoms. The quantitative estimate of drug-likeness (QED) is 0.793. The first kappa shape index (κ1) is 13.6. The lowest BCUT2D eigenvalue weighted by Crippen LogP contribution is -2.33. The normalized spacial score (nSPS) is 24.1. The van der Waals surface area contributed by atoms with Crippen molar-refractivity contribution in [3.8, 4) is 0 Å². The van der Waals surface area contributed by atoms with Crippen molar-refractivity contribution < 1.29 is 0 Å². The zero-order valence-corrected chi connectivity index (χ0v) is 11.7. The topological polar surface area (TPSA) is 12.0 Å². The fraction of sp³-hybridized carbons (Fsp3) is 0.647. The van der Waals surface area contributed by atoms with Gasteiger partial charge in [-0.3, -0.25) is 0 Å². The van der Waals surface area contributed by atoms with Crippen LogP contribution in [0.2, 0.25) is 0 Å². The molecule has 1 N–H and O–H groups in total. The maximum absolute atomic E-state index is 3.62. The Hall–Kier alpha value is -0.820. The van der Waals surface area contributed by atoms with Gasteiger partial charge in [-0.2, -0.15) is 0 Å². The van der Waals surface area contributed by atoms with E-state index >= 15 is 0 Å². The predicted molar refractivity (Wildman–Crippen MR) is 78.8 cm³/mol. The van der Waals surface area contributed by atoms with E-state index < -0.39 is 0 Å². The molecule has 2 rings (SSSR count). The highest BCUT2D eigenvalue weighted by Gasteiger charge is 2.20. The molecule has 0 amide bonds. The van der Waals surface area contributed by atoms with Gasteiger partial charge in [0.2, 0.25) is 0 Å². The van der Waals surface area contributed by atoms with Crippen LogP contribution in [0.1, 0.15) is 51.0 Å². The number of hydrogen-bond donors (Lipinski definition) is 1. The summed E-state index contributed by atoms with van der Waals surface area (Å²) < 4.78 is 0. The molecule has 1 aliphatic rings. The molecule has 0 aromatic heterocycles. The van der Waals surface area contributed by atoms with Gasteiger partial charge in [-0.05, 0) is 43.7 Å². The van der Waals surface area contributed by atoms with Crippen molar-refractivity contribution in [3.63, 3.8) is 0 Å². The van der Waals surface area contributed by atoms with Crippen molar-refractivity contribution in [2.45, 2.75) is 57.9 Å². The number of rotatable bonds is 6. The molecule has 0 spiro atoms. The van der Waals surface area contributed by atoms with E-state index in [1.165, 1.54) is 50.5 Å². The summed E-state index contributed by atoms with van der Waals surface area (Å²) in [5, 5.41) is 3.62. The summed E-state index contributed by atoms with van der Waals surface area (Å²) in [4.78, 5) is 0. The van der Waals surface area contributed by atoms with Crippen LogP contribution in [-0.4, -0.2) is 12.6 Å². The maximum Gasteiger partial charge on any atom is 0.00695 e. The van der Waals surface area contributed by atoms with E-state index in [4.69, 9.17) is 0 Å². The second kappa shape index (κ2) is 7.58. The van der Waals surface area contributed by atoms with Crippen LogP contribution in [0.5, 0.6) is 0 Å². The van der Waals surface area contributed by atoms with Gasteiger partial charge < -0.3 is 5.32 Å². The van der Waals surface area contributed by atoms with Gasteiger partial charge in [-0.1, -0.05) is 56.5 Å². The zero-order valence-electron chi connectivity index (χ0n) is 11.7. The average molecular weight is 245 g/mol. The molecule has 100 valence electrons. The van der Waals surface area contributed by atoms with Gasteiger partial charge in [0.15, 0.2) is 0 Å². The monoisotopic (exact) mass is 245 g/mol. The number of aryl methyl sites for hydroxylation is 1. The van der Waals surface area contributed by atoms with E-state index in [2.05, 4.69) is 42.6 Å². The Balaban J connectivity index is 1.67. The van der Waals surface area contributed by atoms with Gasteiger partial charge in [0.05, 0.1) is 0 Å². The Morgan fingerprint density at radius 1 is 1.17 bits per heavy atom. The maximum atomic E-state index is 3.62. The molecule has 1 nitrogen and oxygen atoms in total. The van der Waals surface area contributed by atoms with Gasteiger partial charge in [0.1, 0.15) is 0 Å². The van der Waals surface area contributed by atoms with Crippen LogP contribution in [0.4, 0.5) is 0 Å². The molecule has 2 unspecified atom stereocenters. The molecule has 0 saturated heterocycles. The molecule has 1 saturated carbocycles. The molecule has 1 aliphatic carbocycles. The molecular formula is C17H27N. The molecule has 0 radical (unpaired) electrons. The molecule has 1 fully saturated rings. The van der Waals surface area contributed by atoms with E-state index in [0.717, 1.165) is 18.5 Å². The van der Waals surface area contributed by atoms with Crippen LogP contribution in [0.25, 0.3) is 0 Å². The molecular weight excluding hydrogens is 218 g/mol. The van der Waals surface area contributed by atoms with Crippen LogP contribution in [0, 0.1) is 5.92 Å². The van der Waals surface area contributed by atoms with Crippen molar-refractivity contribution in [3.05, 3.63) is 35.9 Å². The molecule has 0 heterocycles. The van der Waals surface area contributed by atoms with Gasteiger partial charge in [-0.25, -0.2) is 0 Å². The van der Waals surface area contributed by atoms with Gasteiger partial charge in [0, 0.05) is 6.04 Å². The van der Waals surface area contributed by atoms with E-state index in [1.54, 1.807) is 0 Å².